The van der Waals surface area contributed by atoms with Gasteiger partial charge in [-0.1, -0.05) is 11.6 Å². The third-order valence-corrected chi connectivity index (χ3v) is 5.17. The first-order valence-electron chi connectivity index (χ1n) is 9.12. The molecule has 0 aliphatic carbocycles. The molecule has 3 rings (SSSR count). The number of benzene rings is 2. The topological polar surface area (TPSA) is 93.9 Å². The van der Waals surface area contributed by atoms with Gasteiger partial charge in [0.1, 0.15) is 17.2 Å². The van der Waals surface area contributed by atoms with Crippen molar-refractivity contribution >= 4 is 28.9 Å². The van der Waals surface area contributed by atoms with Crippen LogP contribution in [0.5, 0.6) is 11.5 Å². The molecule has 0 spiro atoms. The van der Waals surface area contributed by atoms with E-state index in [-0.39, 0.29) is 29.9 Å². The first-order valence-corrected chi connectivity index (χ1v) is 9.50. The van der Waals surface area contributed by atoms with E-state index < -0.39 is 4.92 Å². The molecule has 1 aliphatic heterocycles. The number of hydrogen-bond donors (Lipinski definition) is 1. The third-order valence-electron chi connectivity index (χ3n) is 4.94. The molecule has 0 saturated carbocycles. The number of anilines is 1. The van der Waals surface area contributed by atoms with Crippen molar-refractivity contribution < 1.29 is 19.2 Å². The second-order valence-corrected chi connectivity index (χ2v) is 7.14. The number of nitrogens with one attached hydrogen (secondary N) is 1. The zero-order valence-corrected chi connectivity index (χ0v) is 16.9. The molecule has 0 aromatic heterocycles. The Morgan fingerprint density at radius 2 is 2.07 bits per heavy atom. The fraction of sp³-hybridized carbons (Fsp3) is 0.350. The lowest BCUT2D eigenvalue weighted by Crippen LogP contribution is -2.33. The van der Waals surface area contributed by atoms with Crippen LogP contribution in [0.15, 0.2) is 36.4 Å². The van der Waals surface area contributed by atoms with Gasteiger partial charge < -0.3 is 14.8 Å². The Morgan fingerprint density at radius 3 is 2.76 bits per heavy atom. The summed E-state index contributed by atoms with van der Waals surface area (Å²) in [6.07, 6.45) is 1.80. The Morgan fingerprint density at radius 1 is 1.28 bits per heavy atom. The second kappa shape index (κ2) is 9.11. The van der Waals surface area contributed by atoms with Crippen LogP contribution in [0.25, 0.3) is 0 Å². The lowest BCUT2D eigenvalue weighted by Gasteiger charge is -2.26. The van der Waals surface area contributed by atoms with Crippen molar-refractivity contribution in [3.05, 3.63) is 57.1 Å². The van der Waals surface area contributed by atoms with Crippen molar-refractivity contribution in [3.8, 4) is 11.5 Å². The fourth-order valence-corrected chi connectivity index (χ4v) is 3.78. The molecule has 2 aromatic carbocycles. The summed E-state index contributed by atoms with van der Waals surface area (Å²) >= 11 is 5.93. The summed E-state index contributed by atoms with van der Waals surface area (Å²) in [5, 5.41) is 14.1. The number of hydrogen-bond acceptors (Lipinski definition) is 6. The molecule has 9 heteroatoms. The zero-order valence-electron chi connectivity index (χ0n) is 16.2. The van der Waals surface area contributed by atoms with Crippen molar-refractivity contribution in [3.63, 3.8) is 0 Å². The summed E-state index contributed by atoms with van der Waals surface area (Å²) in [6.45, 7) is 0.824. The number of rotatable bonds is 7. The molecular formula is C20H22ClN3O5. The number of methoxy groups -OCH3 is 2. The molecule has 0 bridgehead atoms. The minimum absolute atomic E-state index is 0.0138. The summed E-state index contributed by atoms with van der Waals surface area (Å²) in [6, 6.07) is 9.65. The quantitative estimate of drug-likeness (QED) is 0.537. The van der Waals surface area contributed by atoms with Gasteiger partial charge in [-0.05, 0) is 49.7 Å². The van der Waals surface area contributed by atoms with Crippen molar-refractivity contribution in [2.45, 2.75) is 18.9 Å². The van der Waals surface area contributed by atoms with E-state index in [9.17, 15) is 14.9 Å². The molecule has 0 unspecified atom stereocenters. The van der Waals surface area contributed by atoms with Crippen LogP contribution in [0.3, 0.4) is 0 Å². The first kappa shape index (κ1) is 20.9. The van der Waals surface area contributed by atoms with Crippen molar-refractivity contribution in [1.29, 1.82) is 0 Å². The van der Waals surface area contributed by atoms with Crippen LogP contribution in [-0.2, 0) is 4.79 Å². The predicted octanol–water partition coefficient (Wildman–Crippen LogP) is 4.04. The summed E-state index contributed by atoms with van der Waals surface area (Å²) in [7, 11) is 3.21. The normalized spacial score (nSPS) is 16.4. The summed E-state index contributed by atoms with van der Waals surface area (Å²) in [4.78, 5) is 25.3. The fourth-order valence-electron chi connectivity index (χ4n) is 3.61. The number of nitrogens with zero attached hydrogens (tertiary/aromatic N) is 2. The molecule has 2 aromatic rings. The van der Waals surface area contributed by atoms with Gasteiger partial charge in [0, 0.05) is 22.7 Å². The average Bonchev–Trinajstić information content (AvgIpc) is 3.14. The summed E-state index contributed by atoms with van der Waals surface area (Å²) in [5.74, 6) is 1.10. The molecule has 1 saturated heterocycles. The van der Waals surface area contributed by atoms with Crippen LogP contribution in [0.4, 0.5) is 11.4 Å². The molecule has 0 radical (unpaired) electrons. The molecule has 1 N–H and O–H groups in total. The van der Waals surface area contributed by atoms with E-state index in [1.807, 2.05) is 23.1 Å². The van der Waals surface area contributed by atoms with Crippen molar-refractivity contribution in [1.82, 2.24) is 4.90 Å². The molecule has 154 valence electrons. The molecule has 1 aliphatic rings. The SMILES string of the molecule is COc1ccc(OC)c([C@@H]2CCCN2CC(=O)Nc2cc(Cl)ccc2[N+](=O)[O-])c1. The standard InChI is InChI=1S/C20H22ClN3O5/c1-28-14-6-8-19(29-2)15(11-14)17-4-3-9-23(17)12-20(25)22-16-10-13(21)5-7-18(16)24(26)27/h5-8,10-11,17H,3-4,9,12H2,1-2H3,(H,22,25)/t17-/m0/s1. The molecule has 1 heterocycles. The monoisotopic (exact) mass is 419 g/mol. The minimum Gasteiger partial charge on any atom is -0.497 e. The predicted molar refractivity (Wildman–Crippen MR) is 110 cm³/mol. The van der Waals surface area contributed by atoms with Gasteiger partial charge in [0.15, 0.2) is 0 Å². The Balaban J connectivity index is 1.78. The molecule has 29 heavy (non-hydrogen) atoms. The maximum Gasteiger partial charge on any atom is 0.292 e. The van der Waals surface area contributed by atoms with E-state index in [0.717, 1.165) is 30.7 Å². The highest BCUT2D eigenvalue weighted by Crippen LogP contribution is 2.38. The highest BCUT2D eigenvalue weighted by Gasteiger charge is 2.30. The van der Waals surface area contributed by atoms with Gasteiger partial charge in [-0.2, -0.15) is 0 Å². The smallest absolute Gasteiger partial charge is 0.292 e. The number of ether oxygens (including phenoxy) is 2. The number of carbonyl (C=O) groups excluding carboxylic acids is 1. The van der Waals surface area contributed by atoms with E-state index in [0.29, 0.717) is 10.8 Å². The van der Waals surface area contributed by atoms with Gasteiger partial charge in [0.05, 0.1) is 25.7 Å². The van der Waals surface area contributed by atoms with Crippen molar-refractivity contribution in [2.75, 3.05) is 32.6 Å². The van der Waals surface area contributed by atoms with E-state index in [1.165, 1.54) is 18.2 Å². The van der Waals surface area contributed by atoms with Gasteiger partial charge in [-0.15, -0.1) is 0 Å². The number of nitro benzene ring substituents is 1. The van der Waals surface area contributed by atoms with E-state index in [1.54, 1.807) is 14.2 Å². The summed E-state index contributed by atoms with van der Waals surface area (Å²) in [5.41, 5.74) is 0.836. The Bertz CT molecular complexity index is 921. The second-order valence-electron chi connectivity index (χ2n) is 6.70. The maximum absolute atomic E-state index is 12.6. The van der Waals surface area contributed by atoms with Crippen LogP contribution in [0.1, 0.15) is 24.4 Å². The van der Waals surface area contributed by atoms with Crippen LogP contribution >= 0.6 is 11.6 Å². The van der Waals surface area contributed by atoms with Crippen LogP contribution in [-0.4, -0.2) is 43.0 Å². The Labute approximate surface area is 173 Å². The van der Waals surface area contributed by atoms with Gasteiger partial charge in [-0.25, -0.2) is 0 Å². The Hall–Kier alpha value is -2.84. The van der Waals surface area contributed by atoms with Gasteiger partial charge in [0.2, 0.25) is 5.91 Å². The lowest BCUT2D eigenvalue weighted by molar-refractivity contribution is -0.383. The van der Waals surface area contributed by atoms with Gasteiger partial charge >= 0.3 is 0 Å². The number of carbonyl (C=O) groups is 1. The van der Waals surface area contributed by atoms with Crippen LogP contribution in [0, 0.1) is 10.1 Å². The summed E-state index contributed by atoms with van der Waals surface area (Å²) < 4.78 is 10.8. The van der Waals surface area contributed by atoms with Crippen LogP contribution in [0.2, 0.25) is 5.02 Å². The van der Waals surface area contributed by atoms with Crippen molar-refractivity contribution in [2.24, 2.45) is 0 Å². The number of amides is 1. The molecular weight excluding hydrogens is 398 g/mol. The maximum atomic E-state index is 12.6. The molecule has 8 nitrogen and oxygen atoms in total. The number of nitro groups is 1. The third kappa shape index (κ3) is 4.78. The largest absolute Gasteiger partial charge is 0.497 e. The highest BCUT2D eigenvalue weighted by atomic mass is 35.5. The van der Waals surface area contributed by atoms with E-state index in [2.05, 4.69) is 5.32 Å². The average molecular weight is 420 g/mol. The zero-order chi connectivity index (χ0) is 21.0. The van der Waals surface area contributed by atoms with Crippen LogP contribution < -0.4 is 14.8 Å². The first-order chi connectivity index (χ1) is 13.9. The number of halogens is 1. The highest BCUT2D eigenvalue weighted by molar-refractivity contribution is 6.31. The van der Waals surface area contributed by atoms with E-state index in [4.69, 9.17) is 21.1 Å². The number of likely N-dealkylation sites (tertiary alicyclic amines) is 1. The van der Waals surface area contributed by atoms with Gasteiger partial charge in [0.25, 0.3) is 5.69 Å². The Kier molecular flexibility index (Phi) is 6.56. The lowest BCUT2D eigenvalue weighted by atomic mass is 10.0. The van der Waals surface area contributed by atoms with Gasteiger partial charge in [-0.3, -0.25) is 19.8 Å². The molecule has 1 fully saturated rings. The molecule has 1 amide bonds. The minimum atomic E-state index is -0.550. The molecule has 1 atom stereocenters. The van der Waals surface area contributed by atoms with E-state index >= 15 is 0 Å².